The highest BCUT2D eigenvalue weighted by atomic mass is 32.1. The number of benzene rings is 1. The van der Waals surface area contributed by atoms with Crippen LogP contribution in [0, 0.1) is 0 Å². The van der Waals surface area contributed by atoms with E-state index in [4.69, 9.17) is 4.74 Å². The van der Waals surface area contributed by atoms with Gasteiger partial charge in [-0.25, -0.2) is 0 Å². The molecule has 0 aliphatic rings. The predicted molar refractivity (Wildman–Crippen MR) is 84.9 cm³/mol. The van der Waals surface area contributed by atoms with Crippen LogP contribution in [0.25, 0.3) is 10.4 Å². The number of hydrogen-bond donors (Lipinski definition) is 2. The highest BCUT2D eigenvalue weighted by Crippen LogP contribution is 2.36. The minimum absolute atomic E-state index is 0.216. The first-order valence-electron chi connectivity index (χ1n) is 6.90. The van der Waals surface area contributed by atoms with Crippen LogP contribution in [0.15, 0.2) is 36.4 Å². The monoisotopic (exact) mass is 305 g/mol. The van der Waals surface area contributed by atoms with Gasteiger partial charge in [0.05, 0.1) is 12.7 Å². The second-order valence-corrected chi connectivity index (χ2v) is 5.71. The van der Waals surface area contributed by atoms with Crippen LogP contribution in [0.1, 0.15) is 23.5 Å². The van der Waals surface area contributed by atoms with Crippen LogP contribution >= 0.6 is 11.3 Å². The van der Waals surface area contributed by atoms with Crippen LogP contribution < -0.4 is 10.1 Å². The van der Waals surface area contributed by atoms with Gasteiger partial charge in [0.25, 0.3) is 5.91 Å². The van der Waals surface area contributed by atoms with Gasteiger partial charge >= 0.3 is 0 Å². The van der Waals surface area contributed by atoms with E-state index >= 15 is 0 Å². The number of ether oxygens (including phenoxy) is 1. The SMILES string of the molecule is CCOc1cc(-c2ccccc2)sc1C(=O)NCC(C)O. The number of hydrogen-bond acceptors (Lipinski definition) is 4. The summed E-state index contributed by atoms with van der Waals surface area (Å²) in [4.78, 5) is 13.7. The van der Waals surface area contributed by atoms with Crippen LogP contribution in [0.4, 0.5) is 0 Å². The van der Waals surface area contributed by atoms with E-state index in [0.717, 1.165) is 10.4 Å². The average molecular weight is 305 g/mol. The number of carbonyl (C=O) groups excluding carboxylic acids is 1. The molecule has 4 nitrogen and oxygen atoms in total. The summed E-state index contributed by atoms with van der Waals surface area (Å²) in [6.07, 6.45) is -0.571. The van der Waals surface area contributed by atoms with E-state index in [0.29, 0.717) is 17.2 Å². The van der Waals surface area contributed by atoms with E-state index in [1.165, 1.54) is 11.3 Å². The molecule has 1 aromatic carbocycles. The van der Waals surface area contributed by atoms with Crippen molar-refractivity contribution < 1.29 is 14.6 Å². The average Bonchev–Trinajstić information content (AvgIpc) is 2.90. The van der Waals surface area contributed by atoms with Gasteiger partial charge in [-0.15, -0.1) is 11.3 Å². The van der Waals surface area contributed by atoms with Gasteiger partial charge in [-0.05, 0) is 25.5 Å². The molecule has 1 atom stereocenters. The fourth-order valence-corrected chi connectivity index (χ4v) is 2.88. The van der Waals surface area contributed by atoms with Crippen LogP contribution in [-0.4, -0.2) is 30.3 Å². The molecule has 0 saturated heterocycles. The van der Waals surface area contributed by atoms with Crippen molar-refractivity contribution in [2.75, 3.05) is 13.2 Å². The molecule has 5 heteroatoms. The molecule has 2 rings (SSSR count). The van der Waals surface area contributed by atoms with E-state index in [2.05, 4.69) is 5.32 Å². The van der Waals surface area contributed by atoms with Crippen molar-refractivity contribution in [2.45, 2.75) is 20.0 Å². The Balaban J connectivity index is 2.27. The standard InChI is InChI=1S/C16H19NO3S/c1-3-20-13-9-14(12-7-5-4-6-8-12)21-15(13)16(19)17-10-11(2)18/h4-9,11,18H,3,10H2,1-2H3,(H,17,19). The second-order valence-electron chi connectivity index (χ2n) is 4.66. The third-order valence-corrected chi connectivity index (χ3v) is 3.98. The minimum Gasteiger partial charge on any atom is -0.492 e. The van der Waals surface area contributed by atoms with Crippen molar-refractivity contribution in [3.05, 3.63) is 41.3 Å². The molecule has 1 aromatic heterocycles. The van der Waals surface area contributed by atoms with Gasteiger partial charge in [0.1, 0.15) is 10.6 Å². The Morgan fingerprint density at radius 2 is 2.10 bits per heavy atom. The molecule has 0 saturated carbocycles. The smallest absolute Gasteiger partial charge is 0.265 e. The van der Waals surface area contributed by atoms with Gasteiger partial charge < -0.3 is 15.2 Å². The quantitative estimate of drug-likeness (QED) is 0.862. The van der Waals surface area contributed by atoms with Crippen LogP contribution in [-0.2, 0) is 0 Å². The molecule has 0 aliphatic carbocycles. The molecule has 0 radical (unpaired) electrons. The zero-order valence-electron chi connectivity index (χ0n) is 12.1. The van der Waals surface area contributed by atoms with Crippen LogP contribution in [0.2, 0.25) is 0 Å². The Kier molecular flexibility index (Phi) is 5.36. The molecular formula is C16H19NO3S. The second kappa shape index (κ2) is 7.24. The van der Waals surface area contributed by atoms with E-state index in [-0.39, 0.29) is 12.5 Å². The molecule has 112 valence electrons. The number of rotatable bonds is 6. The number of aliphatic hydroxyl groups is 1. The van der Waals surface area contributed by atoms with Crippen molar-refractivity contribution in [1.29, 1.82) is 0 Å². The molecular weight excluding hydrogens is 286 g/mol. The van der Waals surface area contributed by atoms with Gasteiger partial charge in [-0.1, -0.05) is 30.3 Å². The summed E-state index contributed by atoms with van der Waals surface area (Å²) in [5, 5.41) is 12.0. The Labute approximate surface area is 128 Å². The summed E-state index contributed by atoms with van der Waals surface area (Å²) in [6, 6.07) is 11.8. The predicted octanol–water partition coefficient (Wildman–Crippen LogP) is 2.92. The van der Waals surface area contributed by atoms with E-state index in [1.807, 2.05) is 43.3 Å². The van der Waals surface area contributed by atoms with Crippen LogP contribution in [0.3, 0.4) is 0 Å². The maximum Gasteiger partial charge on any atom is 0.265 e. The van der Waals surface area contributed by atoms with Crippen molar-refractivity contribution in [3.8, 4) is 16.2 Å². The lowest BCUT2D eigenvalue weighted by atomic mass is 10.2. The fraction of sp³-hybridized carbons (Fsp3) is 0.312. The first kappa shape index (κ1) is 15.5. The number of nitrogens with one attached hydrogen (secondary N) is 1. The van der Waals surface area contributed by atoms with E-state index < -0.39 is 6.10 Å². The van der Waals surface area contributed by atoms with E-state index in [1.54, 1.807) is 6.92 Å². The lowest BCUT2D eigenvalue weighted by Gasteiger charge is -2.07. The molecule has 21 heavy (non-hydrogen) atoms. The first-order chi connectivity index (χ1) is 10.1. The molecule has 1 heterocycles. The summed E-state index contributed by atoms with van der Waals surface area (Å²) in [7, 11) is 0. The summed E-state index contributed by atoms with van der Waals surface area (Å²) in [5.74, 6) is 0.371. The maximum atomic E-state index is 12.2. The molecule has 2 aromatic rings. The Hall–Kier alpha value is -1.85. The lowest BCUT2D eigenvalue weighted by Crippen LogP contribution is -2.30. The van der Waals surface area contributed by atoms with Crippen molar-refractivity contribution in [1.82, 2.24) is 5.32 Å². The molecule has 0 spiro atoms. The zero-order valence-corrected chi connectivity index (χ0v) is 12.9. The topological polar surface area (TPSA) is 58.6 Å². The van der Waals surface area contributed by atoms with Gasteiger partial charge in [0.15, 0.2) is 0 Å². The summed E-state index contributed by atoms with van der Waals surface area (Å²) >= 11 is 1.39. The number of carbonyl (C=O) groups is 1. The normalized spacial score (nSPS) is 12.0. The van der Waals surface area contributed by atoms with Gasteiger partial charge in [0, 0.05) is 11.4 Å². The molecule has 0 bridgehead atoms. The van der Waals surface area contributed by atoms with Crippen LogP contribution in [0.5, 0.6) is 5.75 Å². The summed E-state index contributed by atoms with van der Waals surface area (Å²) < 4.78 is 5.55. The van der Waals surface area contributed by atoms with Crippen molar-refractivity contribution >= 4 is 17.2 Å². The highest BCUT2D eigenvalue weighted by Gasteiger charge is 2.18. The number of amides is 1. The fourth-order valence-electron chi connectivity index (χ4n) is 1.86. The largest absolute Gasteiger partial charge is 0.492 e. The molecule has 1 amide bonds. The highest BCUT2D eigenvalue weighted by molar-refractivity contribution is 7.17. The lowest BCUT2D eigenvalue weighted by molar-refractivity contribution is 0.0924. The summed E-state index contributed by atoms with van der Waals surface area (Å²) in [6.45, 7) is 4.25. The third kappa shape index (κ3) is 4.06. The minimum atomic E-state index is -0.571. The Morgan fingerprint density at radius 3 is 2.71 bits per heavy atom. The van der Waals surface area contributed by atoms with Gasteiger partial charge in [-0.2, -0.15) is 0 Å². The number of aliphatic hydroxyl groups excluding tert-OH is 1. The van der Waals surface area contributed by atoms with Crippen molar-refractivity contribution in [2.24, 2.45) is 0 Å². The van der Waals surface area contributed by atoms with E-state index in [9.17, 15) is 9.90 Å². The van der Waals surface area contributed by atoms with Gasteiger partial charge in [-0.3, -0.25) is 4.79 Å². The van der Waals surface area contributed by atoms with Gasteiger partial charge in [0.2, 0.25) is 0 Å². The summed E-state index contributed by atoms with van der Waals surface area (Å²) in [5.41, 5.74) is 1.05. The Morgan fingerprint density at radius 1 is 1.38 bits per heavy atom. The third-order valence-electron chi connectivity index (χ3n) is 2.82. The Bertz CT molecular complexity index is 593. The van der Waals surface area contributed by atoms with Crippen molar-refractivity contribution in [3.63, 3.8) is 0 Å². The molecule has 0 fully saturated rings. The number of thiophene rings is 1. The molecule has 1 unspecified atom stereocenters. The zero-order chi connectivity index (χ0) is 15.2. The first-order valence-corrected chi connectivity index (χ1v) is 7.71. The maximum absolute atomic E-state index is 12.2. The molecule has 0 aliphatic heterocycles. The molecule has 2 N–H and O–H groups in total.